The number of nitrogens with one attached hydrogen (secondary N) is 2. The number of carbonyl (C=O) groups excluding carboxylic acids is 2. The second kappa shape index (κ2) is 9.43. The monoisotopic (exact) mass is 398 g/mol. The lowest BCUT2D eigenvalue weighted by molar-refractivity contribution is -0.898. The van der Waals surface area contributed by atoms with Gasteiger partial charge in [0, 0.05) is 5.56 Å². The molecule has 0 aromatic heterocycles. The molecule has 0 saturated carbocycles. The first-order valence-corrected chi connectivity index (χ1v) is 9.82. The van der Waals surface area contributed by atoms with Crippen molar-refractivity contribution in [3.63, 3.8) is 0 Å². The molecule has 1 heterocycles. The van der Waals surface area contributed by atoms with Gasteiger partial charge in [0.05, 0.1) is 63.9 Å². The van der Waals surface area contributed by atoms with E-state index in [-0.39, 0.29) is 5.91 Å². The van der Waals surface area contributed by atoms with E-state index in [0.29, 0.717) is 22.6 Å². The summed E-state index contributed by atoms with van der Waals surface area (Å²) < 4.78 is 9.98. The number of nitrogens with zero attached hydrogens (tertiary/aromatic N) is 1. The van der Waals surface area contributed by atoms with Crippen molar-refractivity contribution in [3.05, 3.63) is 53.6 Å². The molecule has 7 heteroatoms. The Morgan fingerprint density at radius 3 is 2.28 bits per heavy atom. The molecule has 0 atom stereocenters. The van der Waals surface area contributed by atoms with Gasteiger partial charge in [-0.15, -0.1) is 0 Å². The number of likely N-dealkylation sites (N-methyl/N-ethyl adjacent to an activating group) is 1. The molecule has 3 rings (SSSR count). The lowest BCUT2D eigenvalue weighted by atomic mass is 10.1. The van der Waals surface area contributed by atoms with Crippen LogP contribution in [0.3, 0.4) is 0 Å². The molecule has 7 nitrogen and oxygen atoms in total. The lowest BCUT2D eigenvalue weighted by Gasteiger charge is -2.34. The van der Waals surface area contributed by atoms with Crippen molar-refractivity contribution in [2.24, 2.45) is 0 Å². The standard InChI is InChI=1S/C22H27N3O4/c1-4-24-11-13-25(14-12-24)20-10-7-17(22(27)29-3)15-19(20)23-21(26)16-5-8-18(28-2)9-6-16/h5-10,15H,4,11-14H2,1-3H3,(H,23,26)/p+1. The van der Waals surface area contributed by atoms with Crippen LogP contribution in [0.2, 0.25) is 0 Å². The van der Waals surface area contributed by atoms with Crippen molar-refractivity contribution in [3.8, 4) is 5.75 Å². The fourth-order valence-corrected chi connectivity index (χ4v) is 3.51. The first-order valence-electron chi connectivity index (χ1n) is 9.82. The Kier molecular flexibility index (Phi) is 6.72. The van der Waals surface area contributed by atoms with E-state index in [9.17, 15) is 9.59 Å². The smallest absolute Gasteiger partial charge is 0.337 e. The average molecular weight is 398 g/mol. The highest BCUT2D eigenvalue weighted by atomic mass is 16.5. The normalized spacial score (nSPS) is 14.4. The molecule has 0 radical (unpaired) electrons. The topological polar surface area (TPSA) is 72.3 Å². The van der Waals surface area contributed by atoms with Crippen molar-refractivity contribution in [2.45, 2.75) is 6.92 Å². The van der Waals surface area contributed by atoms with E-state index in [2.05, 4.69) is 17.1 Å². The molecule has 1 aliphatic heterocycles. The van der Waals surface area contributed by atoms with Crippen molar-refractivity contribution in [2.75, 3.05) is 57.2 Å². The number of anilines is 2. The lowest BCUT2D eigenvalue weighted by Crippen LogP contribution is -3.14. The molecule has 2 aromatic carbocycles. The number of carbonyl (C=O) groups is 2. The summed E-state index contributed by atoms with van der Waals surface area (Å²) in [6, 6.07) is 12.2. The van der Waals surface area contributed by atoms with Crippen LogP contribution in [0.15, 0.2) is 42.5 Å². The van der Waals surface area contributed by atoms with Crippen LogP contribution in [0.4, 0.5) is 11.4 Å². The number of esters is 1. The van der Waals surface area contributed by atoms with Crippen LogP contribution in [0, 0.1) is 0 Å². The minimum Gasteiger partial charge on any atom is -0.497 e. The van der Waals surface area contributed by atoms with Crippen LogP contribution >= 0.6 is 0 Å². The molecule has 0 unspecified atom stereocenters. The number of hydrogen-bond acceptors (Lipinski definition) is 5. The third-order valence-corrected chi connectivity index (χ3v) is 5.33. The quantitative estimate of drug-likeness (QED) is 0.721. The SMILES string of the molecule is CC[NH+]1CCN(c2ccc(C(=O)OC)cc2NC(=O)c2ccc(OC)cc2)CC1. The number of quaternary nitrogens is 1. The molecule has 154 valence electrons. The summed E-state index contributed by atoms with van der Waals surface area (Å²) in [4.78, 5) is 28.6. The zero-order chi connectivity index (χ0) is 20.8. The zero-order valence-corrected chi connectivity index (χ0v) is 17.2. The summed E-state index contributed by atoms with van der Waals surface area (Å²) in [6.45, 7) is 7.17. The molecule has 29 heavy (non-hydrogen) atoms. The number of hydrogen-bond donors (Lipinski definition) is 2. The number of methoxy groups -OCH3 is 2. The average Bonchev–Trinajstić information content (AvgIpc) is 2.78. The molecule has 0 spiro atoms. The van der Waals surface area contributed by atoms with E-state index in [0.717, 1.165) is 38.4 Å². The van der Waals surface area contributed by atoms with E-state index in [1.165, 1.54) is 7.11 Å². The van der Waals surface area contributed by atoms with Crippen LogP contribution in [-0.2, 0) is 4.74 Å². The van der Waals surface area contributed by atoms with Crippen LogP contribution in [0.5, 0.6) is 5.75 Å². The fraction of sp³-hybridized carbons (Fsp3) is 0.364. The third-order valence-electron chi connectivity index (χ3n) is 5.33. The molecule has 1 amide bonds. The molecule has 2 N–H and O–H groups in total. The van der Waals surface area contributed by atoms with E-state index in [4.69, 9.17) is 9.47 Å². The van der Waals surface area contributed by atoms with Gasteiger partial charge in [-0.25, -0.2) is 4.79 Å². The van der Waals surface area contributed by atoms with Crippen LogP contribution in [-0.4, -0.2) is 58.8 Å². The second-order valence-corrected chi connectivity index (χ2v) is 7.00. The molecular weight excluding hydrogens is 370 g/mol. The maximum atomic E-state index is 12.8. The number of ether oxygens (including phenoxy) is 2. The van der Waals surface area contributed by atoms with Crippen molar-refractivity contribution in [1.82, 2.24) is 0 Å². The maximum Gasteiger partial charge on any atom is 0.337 e. The molecule has 1 saturated heterocycles. The Morgan fingerprint density at radius 2 is 1.69 bits per heavy atom. The molecular formula is C22H28N3O4+. The highest BCUT2D eigenvalue weighted by Crippen LogP contribution is 2.28. The van der Waals surface area contributed by atoms with E-state index in [1.54, 1.807) is 48.4 Å². The van der Waals surface area contributed by atoms with Gasteiger partial charge in [-0.3, -0.25) is 4.79 Å². The van der Waals surface area contributed by atoms with Gasteiger partial charge in [0.15, 0.2) is 0 Å². The second-order valence-electron chi connectivity index (χ2n) is 7.00. The van der Waals surface area contributed by atoms with Gasteiger partial charge in [0.2, 0.25) is 0 Å². The van der Waals surface area contributed by atoms with Crippen molar-refractivity contribution in [1.29, 1.82) is 0 Å². The van der Waals surface area contributed by atoms with Gasteiger partial charge in [0.1, 0.15) is 5.75 Å². The number of benzene rings is 2. The summed E-state index contributed by atoms with van der Waals surface area (Å²) in [6.07, 6.45) is 0. The molecule has 0 aliphatic carbocycles. The highest BCUT2D eigenvalue weighted by Gasteiger charge is 2.22. The number of amides is 1. The third kappa shape index (κ3) is 4.86. The minimum atomic E-state index is -0.434. The van der Waals surface area contributed by atoms with Crippen molar-refractivity contribution < 1.29 is 24.0 Å². The van der Waals surface area contributed by atoms with E-state index in [1.807, 2.05) is 6.07 Å². The Labute approximate surface area is 171 Å². The van der Waals surface area contributed by atoms with Gasteiger partial charge in [-0.2, -0.15) is 0 Å². The van der Waals surface area contributed by atoms with Crippen LogP contribution in [0.1, 0.15) is 27.6 Å². The summed E-state index contributed by atoms with van der Waals surface area (Å²) in [5, 5.41) is 2.97. The largest absolute Gasteiger partial charge is 0.497 e. The number of piperazine rings is 1. The molecule has 0 bridgehead atoms. The van der Waals surface area contributed by atoms with Crippen molar-refractivity contribution >= 4 is 23.3 Å². The maximum absolute atomic E-state index is 12.8. The fourth-order valence-electron chi connectivity index (χ4n) is 3.51. The minimum absolute atomic E-state index is 0.242. The Hall–Kier alpha value is -3.06. The molecule has 2 aromatic rings. The Balaban J connectivity index is 1.86. The van der Waals surface area contributed by atoms with Gasteiger partial charge < -0.3 is 24.6 Å². The van der Waals surface area contributed by atoms with Crippen LogP contribution in [0.25, 0.3) is 0 Å². The van der Waals surface area contributed by atoms with Gasteiger partial charge in [-0.05, 0) is 49.4 Å². The predicted octanol–water partition coefficient (Wildman–Crippen LogP) is 1.46. The Morgan fingerprint density at radius 1 is 1.03 bits per heavy atom. The van der Waals surface area contributed by atoms with Gasteiger partial charge in [-0.1, -0.05) is 0 Å². The first kappa shape index (κ1) is 20.7. The summed E-state index contributed by atoms with van der Waals surface area (Å²) in [5.74, 6) is 0.0108. The first-order chi connectivity index (χ1) is 14.0. The molecule has 1 fully saturated rings. The van der Waals surface area contributed by atoms with E-state index >= 15 is 0 Å². The Bertz CT molecular complexity index is 859. The number of rotatable bonds is 6. The van der Waals surface area contributed by atoms with Gasteiger partial charge in [0.25, 0.3) is 5.91 Å². The zero-order valence-electron chi connectivity index (χ0n) is 17.2. The predicted molar refractivity (Wildman–Crippen MR) is 112 cm³/mol. The van der Waals surface area contributed by atoms with Gasteiger partial charge >= 0.3 is 5.97 Å². The summed E-state index contributed by atoms with van der Waals surface area (Å²) in [5.41, 5.74) is 2.43. The summed E-state index contributed by atoms with van der Waals surface area (Å²) in [7, 11) is 2.93. The highest BCUT2D eigenvalue weighted by molar-refractivity contribution is 6.07. The van der Waals surface area contributed by atoms with Crippen LogP contribution < -0.4 is 19.9 Å². The summed E-state index contributed by atoms with van der Waals surface area (Å²) >= 11 is 0. The molecule has 1 aliphatic rings. The van der Waals surface area contributed by atoms with E-state index < -0.39 is 5.97 Å².